The minimum absolute atomic E-state index is 0.382. The van der Waals surface area contributed by atoms with Gasteiger partial charge in [0.05, 0.1) is 0 Å². The molecule has 0 amide bonds. The molecule has 1 aromatic carbocycles. The molecule has 2 nitrogen and oxygen atoms in total. The number of carbonyl (C=O) groups excluding carboxylic acids is 1. The van der Waals surface area contributed by atoms with E-state index in [4.69, 9.17) is 0 Å². The van der Waals surface area contributed by atoms with Crippen LogP contribution >= 0.6 is 0 Å². The molecule has 0 saturated heterocycles. The van der Waals surface area contributed by atoms with E-state index in [-0.39, 0.29) is 0 Å². The second-order valence-corrected chi connectivity index (χ2v) is 5.21. The molecule has 0 bridgehead atoms. The van der Waals surface area contributed by atoms with E-state index in [0.717, 1.165) is 19.4 Å². The first-order valence-corrected chi connectivity index (χ1v) is 7.08. The van der Waals surface area contributed by atoms with Gasteiger partial charge in [-0.05, 0) is 37.8 Å². The summed E-state index contributed by atoms with van der Waals surface area (Å²) in [6.07, 6.45) is 4.78. The largest absolute Gasteiger partial charge is 0.369 e. The molecule has 2 heteroatoms. The van der Waals surface area contributed by atoms with Crippen LogP contribution in [0.2, 0.25) is 0 Å². The van der Waals surface area contributed by atoms with E-state index in [2.05, 4.69) is 36.1 Å². The van der Waals surface area contributed by atoms with Gasteiger partial charge in [0.15, 0.2) is 0 Å². The van der Waals surface area contributed by atoms with Crippen LogP contribution in [0.25, 0.3) is 0 Å². The monoisotopic (exact) mass is 245 g/mol. The van der Waals surface area contributed by atoms with Gasteiger partial charge in [0.25, 0.3) is 0 Å². The number of fused-ring (bicyclic) bond motifs is 1. The molecule has 1 atom stereocenters. The number of anilines is 1. The molecular formula is C16H23NO. The van der Waals surface area contributed by atoms with E-state index in [1.165, 1.54) is 24.1 Å². The lowest BCUT2D eigenvalue weighted by Crippen LogP contribution is -2.38. The van der Waals surface area contributed by atoms with Crippen molar-refractivity contribution in [2.75, 3.05) is 11.4 Å². The summed E-state index contributed by atoms with van der Waals surface area (Å²) in [5, 5.41) is 0. The van der Waals surface area contributed by atoms with Crippen LogP contribution in [0, 0.1) is 0 Å². The lowest BCUT2D eigenvalue weighted by atomic mass is 9.96. The first-order valence-electron chi connectivity index (χ1n) is 7.08. The Kier molecular flexibility index (Phi) is 4.40. The van der Waals surface area contributed by atoms with Gasteiger partial charge < -0.3 is 4.90 Å². The molecule has 1 heterocycles. The standard InChI is InChI=1S/C16H23NO/c1-3-15(18)8-6-12-17-13(2)10-11-14-7-4-5-9-16(14)17/h4-5,7,9,13H,3,6,8,10-12H2,1-2H3. The topological polar surface area (TPSA) is 20.3 Å². The van der Waals surface area contributed by atoms with Crippen molar-refractivity contribution in [1.29, 1.82) is 0 Å². The second kappa shape index (κ2) is 6.03. The predicted octanol–water partition coefficient (Wildman–Crippen LogP) is 3.59. The van der Waals surface area contributed by atoms with Gasteiger partial charge in [-0.25, -0.2) is 0 Å². The predicted molar refractivity (Wildman–Crippen MR) is 76.1 cm³/mol. The van der Waals surface area contributed by atoms with Crippen LogP contribution in [0.5, 0.6) is 0 Å². The summed E-state index contributed by atoms with van der Waals surface area (Å²) in [6, 6.07) is 9.27. The number of ketones is 1. The van der Waals surface area contributed by atoms with E-state index < -0.39 is 0 Å². The number of hydrogen-bond acceptors (Lipinski definition) is 2. The Labute approximate surface area is 110 Å². The minimum Gasteiger partial charge on any atom is -0.369 e. The van der Waals surface area contributed by atoms with Crippen molar-refractivity contribution >= 4 is 11.5 Å². The maximum absolute atomic E-state index is 11.4. The fourth-order valence-corrected chi connectivity index (χ4v) is 2.72. The molecule has 1 aliphatic rings. The lowest BCUT2D eigenvalue weighted by Gasteiger charge is -2.37. The zero-order valence-corrected chi connectivity index (χ0v) is 11.5. The van der Waals surface area contributed by atoms with Gasteiger partial charge in [-0.2, -0.15) is 0 Å². The summed E-state index contributed by atoms with van der Waals surface area (Å²) in [6.45, 7) is 5.24. The molecule has 1 aliphatic heterocycles. The van der Waals surface area contributed by atoms with Gasteiger partial charge in [-0.3, -0.25) is 4.79 Å². The van der Waals surface area contributed by atoms with Crippen LogP contribution < -0.4 is 4.90 Å². The number of hydrogen-bond donors (Lipinski definition) is 0. The first-order chi connectivity index (χ1) is 8.72. The van der Waals surface area contributed by atoms with Gasteiger partial charge >= 0.3 is 0 Å². The number of aryl methyl sites for hydroxylation is 1. The summed E-state index contributed by atoms with van der Waals surface area (Å²) >= 11 is 0. The fraction of sp³-hybridized carbons (Fsp3) is 0.562. The van der Waals surface area contributed by atoms with E-state index in [9.17, 15) is 4.79 Å². The van der Waals surface area contributed by atoms with Gasteiger partial charge in [-0.15, -0.1) is 0 Å². The molecule has 0 spiro atoms. The van der Waals surface area contributed by atoms with Crippen LogP contribution in [0.4, 0.5) is 5.69 Å². The summed E-state index contributed by atoms with van der Waals surface area (Å²) in [7, 11) is 0. The van der Waals surface area contributed by atoms with Crippen molar-refractivity contribution in [3.63, 3.8) is 0 Å². The smallest absolute Gasteiger partial charge is 0.132 e. The molecule has 0 N–H and O–H groups in total. The zero-order chi connectivity index (χ0) is 13.0. The maximum Gasteiger partial charge on any atom is 0.132 e. The second-order valence-electron chi connectivity index (χ2n) is 5.21. The SMILES string of the molecule is CCC(=O)CCCN1c2ccccc2CCC1C. The van der Waals surface area contributed by atoms with Crippen LogP contribution in [0.1, 0.15) is 45.1 Å². The average Bonchev–Trinajstić information content (AvgIpc) is 2.41. The van der Waals surface area contributed by atoms with Crippen LogP contribution in [-0.2, 0) is 11.2 Å². The third-order valence-electron chi connectivity index (χ3n) is 3.91. The highest BCUT2D eigenvalue weighted by molar-refractivity contribution is 5.78. The highest BCUT2D eigenvalue weighted by atomic mass is 16.1. The third kappa shape index (κ3) is 2.92. The Morgan fingerprint density at radius 1 is 1.39 bits per heavy atom. The van der Waals surface area contributed by atoms with Crippen molar-refractivity contribution < 1.29 is 4.79 Å². The van der Waals surface area contributed by atoms with Gasteiger partial charge in [0, 0.05) is 31.1 Å². The Balaban J connectivity index is 2.01. The third-order valence-corrected chi connectivity index (χ3v) is 3.91. The average molecular weight is 245 g/mol. The molecule has 1 aromatic rings. The lowest BCUT2D eigenvalue weighted by molar-refractivity contribution is -0.118. The Morgan fingerprint density at radius 2 is 2.17 bits per heavy atom. The molecule has 0 aliphatic carbocycles. The fourth-order valence-electron chi connectivity index (χ4n) is 2.72. The highest BCUT2D eigenvalue weighted by Crippen LogP contribution is 2.30. The Hall–Kier alpha value is -1.31. The Morgan fingerprint density at radius 3 is 2.94 bits per heavy atom. The highest BCUT2D eigenvalue weighted by Gasteiger charge is 2.21. The summed E-state index contributed by atoms with van der Waals surface area (Å²) in [5.74, 6) is 0.382. The molecule has 0 fully saturated rings. The molecule has 2 rings (SSSR count). The number of Topliss-reactive ketones (excluding diaryl/α,β-unsaturated/α-hetero) is 1. The zero-order valence-electron chi connectivity index (χ0n) is 11.5. The molecule has 0 radical (unpaired) electrons. The maximum atomic E-state index is 11.4. The van der Waals surface area contributed by atoms with E-state index in [0.29, 0.717) is 18.2 Å². The van der Waals surface area contributed by atoms with Crippen LogP contribution in [-0.4, -0.2) is 18.4 Å². The Bertz CT molecular complexity index is 413. The molecule has 0 aromatic heterocycles. The first kappa shape index (κ1) is 13.1. The van der Waals surface area contributed by atoms with Crippen molar-refractivity contribution in [3.05, 3.63) is 29.8 Å². The van der Waals surface area contributed by atoms with E-state index >= 15 is 0 Å². The van der Waals surface area contributed by atoms with E-state index in [1.54, 1.807) is 0 Å². The van der Waals surface area contributed by atoms with Crippen molar-refractivity contribution in [2.45, 2.75) is 52.0 Å². The molecular weight excluding hydrogens is 222 g/mol. The molecule has 0 saturated carbocycles. The summed E-state index contributed by atoms with van der Waals surface area (Å²) < 4.78 is 0. The number of benzene rings is 1. The normalized spacial score (nSPS) is 18.6. The van der Waals surface area contributed by atoms with Crippen LogP contribution in [0.3, 0.4) is 0 Å². The number of rotatable bonds is 5. The molecule has 98 valence electrons. The van der Waals surface area contributed by atoms with Crippen molar-refractivity contribution in [2.24, 2.45) is 0 Å². The summed E-state index contributed by atoms with van der Waals surface area (Å²) in [5.41, 5.74) is 2.83. The number of para-hydroxylation sites is 1. The molecule has 18 heavy (non-hydrogen) atoms. The van der Waals surface area contributed by atoms with Gasteiger partial charge in [0.2, 0.25) is 0 Å². The van der Waals surface area contributed by atoms with Crippen molar-refractivity contribution in [1.82, 2.24) is 0 Å². The summed E-state index contributed by atoms with van der Waals surface area (Å²) in [4.78, 5) is 13.8. The number of nitrogens with zero attached hydrogens (tertiary/aromatic N) is 1. The van der Waals surface area contributed by atoms with Gasteiger partial charge in [0.1, 0.15) is 5.78 Å². The quantitative estimate of drug-likeness (QED) is 0.790. The van der Waals surface area contributed by atoms with Crippen molar-refractivity contribution in [3.8, 4) is 0 Å². The van der Waals surface area contributed by atoms with Crippen LogP contribution in [0.15, 0.2) is 24.3 Å². The van der Waals surface area contributed by atoms with Gasteiger partial charge in [-0.1, -0.05) is 25.1 Å². The van der Waals surface area contributed by atoms with E-state index in [1.807, 2.05) is 6.92 Å². The minimum atomic E-state index is 0.382. The molecule has 1 unspecified atom stereocenters. The number of carbonyl (C=O) groups is 1.